The maximum Gasteiger partial charge on any atom is 0.407 e. The van der Waals surface area contributed by atoms with Gasteiger partial charge in [0.05, 0.1) is 0 Å². The highest BCUT2D eigenvalue weighted by Gasteiger charge is 2.32. The lowest BCUT2D eigenvalue weighted by atomic mass is 9.78. The maximum absolute atomic E-state index is 11.6. The summed E-state index contributed by atoms with van der Waals surface area (Å²) in [5, 5.41) is 11.7. The summed E-state index contributed by atoms with van der Waals surface area (Å²) in [7, 11) is 0. The molecule has 1 aliphatic rings. The monoisotopic (exact) mass is 315 g/mol. The Kier molecular flexibility index (Phi) is 6.16. The number of carbonyl (C=O) groups is 3. The average Bonchev–Trinajstić information content (AvgIpc) is 2.30. The third-order valence-electron chi connectivity index (χ3n) is 3.14. The van der Waals surface area contributed by atoms with Crippen LogP contribution >= 0.6 is 0 Å². The zero-order chi connectivity index (χ0) is 16.9. The van der Waals surface area contributed by atoms with Crippen molar-refractivity contribution in [2.24, 2.45) is 5.92 Å². The van der Waals surface area contributed by atoms with Gasteiger partial charge in [-0.05, 0) is 46.5 Å². The van der Waals surface area contributed by atoms with Crippen LogP contribution in [0.3, 0.4) is 0 Å². The minimum Gasteiger partial charge on any atom is -0.444 e. The van der Waals surface area contributed by atoms with E-state index in [0.717, 1.165) is 0 Å². The van der Waals surface area contributed by atoms with Gasteiger partial charge in [-0.1, -0.05) is 0 Å². The van der Waals surface area contributed by atoms with E-state index in [-0.39, 0.29) is 24.3 Å². The lowest BCUT2D eigenvalue weighted by Gasteiger charge is -2.35. The van der Waals surface area contributed by atoms with Crippen LogP contribution in [0.4, 0.5) is 4.79 Å². The predicted octanol–water partition coefficient (Wildman–Crippen LogP) is 0.208. The van der Waals surface area contributed by atoms with Crippen molar-refractivity contribution in [2.45, 2.75) is 64.7 Å². The molecule has 8 nitrogen and oxygen atoms in total. The molecular weight excluding hydrogens is 290 g/mol. The summed E-state index contributed by atoms with van der Waals surface area (Å²) in [5.41, 5.74) is 3.83. The summed E-state index contributed by atoms with van der Waals surface area (Å²) in [6.07, 6.45) is 0.0108. The summed E-state index contributed by atoms with van der Waals surface area (Å²) in [6, 6.07) is 0.0136. The topological polar surface area (TPSA) is 117 Å². The number of alkyl carbamates (subject to hydrolysis) is 1. The standard InChI is InChI=1S/C14H25N3O5/c1-8(18)12(20)17-16-11(19)7-9-5-10(6-9)15-13(21)22-14(2,3)4/h8-10,18H,5-7H2,1-4H3,(H,15,21)(H,16,19)(H,17,20)/t8-,9?,10?/m1/s1. The molecule has 1 atom stereocenters. The van der Waals surface area contributed by atoms with E-state index in [9.17, 15) is 14.4 Å². The quantitative estimate of drug-likeness (QED) is 0.553. The van der Waals surface area contributed by atoms with Gasteiger partial charge in [-0.15, -0.1) is 0 Å². The van der Waals surface area contributed by atoms with Crippen LogP contribution in [-0.4, -0.2) is 40.8 Å². The van der Waals surface area contributed by atoms with Gasteiger partial charge in [-0.25, -0.2) is 4.79 Å². The zero-order valence-corrected chi connectivity index (χ0v) is 13.4. The second kappa shape index (κ2) is 7.44. The van der Waals surface area contributed by atoms with Crippen molar-refractivity contribution in [3.8, 4) is 0 Å². The molecule has 0 bridgehead atoms. The van der Waals surface area contributed by atoms with Gasteiger partial charge in [0, 0.05) is 12.5 Å². The lowest BCUT2D eigenvalue weighted by Crippen LogP contribution is -2.49. The minimum atomic E-state index is -1.17. The summed E-state index contributed by atoms with van der Waals surface area (Å²) in [4.78, 5) is 34.2. The first-order valence-electron chi connectivity index (χ1n) is 7.33. The molecule has 3 amide bonds. The number of ether oxygens (including phenoxy) is 1. The van der Waals surface area contributed by atoms with Gasteiger partial charge in [-0.3, -0.25) is 20.4 Å². The second-order valence-corrected chi connectivity index (χ2v) is 6.60. The van der Waals surface area contributed by atoms with E-state index in [1.54, 1.807) is 20.8 Å². The number of carbonyl (C=O) groups excluding carboxylic acids is 3. The minimum absolute atomic E-state index is 0.0136. The maximum atomic E-state index is 11.6. The van der Waals surface area contributed by atoms with E-state index in [0.29, 0.717) is 12.8 Å². The molecule has 0 saturated heterocycles. The second-order valence-electron chi connectivity index (χ2n) is 6.60. The van der Waals surface area contributed by atoms with Crippen LogP contribution in [0.1, 0.15) is 47.0 Å². The molecule has 0 spiro atoms. The molecule has 0 aromatic heterocycles. The van der Waals surface area contributed by atoms with Gasteiger partial charge < -0.3 is 15.2 Å². The molecule has 8 heteroatoms. The molecular formula is C14H25N3O5. The number of hydrogen-bond donors (Lipinski definition) is 4. The SMILES string of the molecule is C[C@@H](O)C(=O)NNC(=O)CC1CC(NC(=O)OC(C)(C)C)C1. The Morgan fingerprint density at radius 2 is 1.82 bits per heavy atom. The smallest absolute Gasteiger partial charge is 0.407 e. The number of hydrogen-bond acceptors (Lipinski definition) is 5. The molecule has 126 valence electrons. The Bertz CT molecular complexity index is 425. The molecule has 0 aromatic rings. The summed E-state index contributed by atoms with van der Waals surface area (Å²) >= 11 is 0. The van der Waals surface area contributed by atoms with Crippen molar-refractivity contribution in [1.29, 1.82) is 0 Å². The molecule has 1 saturated carbocycles. The highest BCUT2D eigenvalue weighted by Crippen LogP contribution is 2.30. The summed E-state index contributed by atoms with van der Waals surface area (Å²) in [5.74, 6) is -0.829. The number of hydrazine groups is 1. The number of amides is 3. The van der Waals surface area contributed by atoms with Crippen LogP contribution in [0, 0.1) is 5.92 Å². The van der Waals surface area contributed by atoms with Crippen LogP contribution in [0.5, 0.6) is 0 Å². The average molecular weight is 315 g/mol. The molecule has 0 unspecified atom stereocenters. The number of aliphatic hydroxyl groups is 1. The van der Waals surface area contributed by atoms with Gasteiger partial charge in [0.15, 0.2) is 0 Å². The van der Waals surface area contributed by atoms with Crippen LogP contribution in [-0.2, 0) is 14.3 Å². The fraction of sp³-hybridized carbons (Fsp3) is 0.786. The first-order chi connectivity index (χ1) is 10.1. The molecule has 0 heterocycles. The van der Waals surface area contributed by atoms with Gasteiger partial charge in [0.1, 0.15) is 11.7 Å². The molecule has 0 aromatic carbocycles. The zero-order valence-electron chi connectivity index (χ0n) is 13.4. The normalized spacial score (nSPS) is 22.0. The van der Waals surface area contributed by atoms with Crippen LogP contribution in [0.25, 0.3) is 0 Å². The number of rotatable bonds is 4. The predicted molar refractivity (Wildman–Crippen MR) is 78.5 cm³/mol. The highest BCUT2D eigenvalue weighted by molar-refractivity contribution is 5.84. The highest BCUT2D eigenvalue weighted by atomic mass is 16.6. The van der Waals surface area contributed by atoms with Crippen LogP contribution in [0.2, 0.25) is 0 Å². The lowest BCUT2D eigenvalue weighted by molar-refractivity contribution is -0.134. The molecule has 1 fully saturated rings. The fourth-order valence-electron chi connectivity index (χ4n) is 2.04. The summed E-state index contributed by atoms with van der Waals surface area (Å²) < 4.78 is 5.15. The van der Waals surface area contributed by atoms with Crippen molar-refractivity contribution in [1.82, 2.24) is 16.2 Å². The van der Waals surface area contributed by atoms with Crippen molar-refractivity contribution in [3.05, 3.63) is 0 Å². The van der Waals surface area contributed by atoms with Crippen molar-refractivity contribution < 1.29 is 24.2 Å². The third kappa shape index (κ3) is 6.75. The van der Waals surface area contributed by atoms with Crippen molar-refractivity contribution in [2.75, 3.05) is 0 Å². The van der Waals surface area contributed by atoms with E-state index in [1.807, 2.05) is 0 Å². The Hall–Kier alpha value is -1.83. The van der Waals surface area contributed by atoms with E-state index in [2.05, 4.69) is 16.2 Å². The molecule has 1 rings (SSSR count). The Morgan fingerprint density at radius 3 is 2.32 bits per heavy atom. The van der Waals surface area contributed by atoms with E-state index in [1.165, 1.54) is 6.92 Å². The molecule has 4 N–H and O–H groups in total. The molecule has 0 aliphatic heterocycles. The fourth-order valence-corrected chi connectivity index (χ4v) is 2.04. The first-order valence-corrected chi connectivity index (χ1v) is 7.33. The van der Waals surface area contributed by atoms with Gasteiger partial charge in [0.25, 0.3) is 5.91 Å². The van der Waals surface area contributed by atoms with Crippen LogP contribution < -0.4 is 16.2 Å². The molecule has 22 heavy (non-hydrogen) atoms. The van der Waals surface area contributed by atoms with Crippen molar-refractivity contribution in [3.63, 3.8) is 0 Å². The largest absolute Gasteiger partial charge is 0.444 e. The van der Waals surface area contributed by atoms with Crippen molar-refractivity contribution >= 4 is 17.9 Å². The van der Waals surface area contributed by atoms with Gasteiger partial charge in [0.2, 0.25) is 5.91 Å². The number of nitrogens with one attached hydrogen (secondary N) is 3. The van der Waals surface area contributed by atoms with Crippen LogP contribution in [0.15, 0.2) is 0 Å². The van der Waals surface area contributed by atoms with E-state index < -0.39 is 23.7 Å². The molecule has 0 radical (unpaired) electrons. The third-order valence-corrected chi connectivity index (χ3v) is 3.14. The Balaban J connectivity index is 2.16. The van der Waals surface area contributed by atoms with Gasteiger partial charge in [-0.2, -0.15) is 0 Å². The Labute approximate surface area is 129 Å². The number of aliphatic hydroxyl groups excluding tert-OH is 1. The molecule has 1 aliphatic carbocycles. The first kappa shape index (κ1) is 18.2. The van der Waals surface area contributed by atoms with Gasteiger partial charge >= 0.3 is 6.09 Å². The van der Waals surface area contributed by atoms with E-state index in [4.69, 9.17) is 9.84 Å². The summed E-state index contributed by atoms with van der Waals surface area (Å²) in [6.45, 7) is 6.69. The Morgan fingerprint density at radius 1 is 1.23 bits per heavy atom. The van der Waals surface area contributed by atoms with E-state index >= 15 is 0 Å².